The molecule has 1 atom stereocenters. The smallest absolute Gasteiger partial charge is 0.194 e. The van der Waals surface area contributed by atoms with Crippen molar-refractivity contribution in [3.05, 3.63) is 35.9 Å². The molecule has 0 spiro atoms. The van der Waals surface area contributed by atoms with Crippen LogP contribution in [0.4, 0.5) is 0 Å². The standard InChI is InChI=1S/C16H25IO2Si/c1-16(2,3)20(4,5)19-14(12-15(17)18)11-13-9-7-6-8-10-13/h6-10,14H,11-12H2,1-5H3. The number of carbonyl (C=O) groups excluding carboxylic acids is 1. The number of rotatable bonds is 6. The van der Waals surface area contributed by atoms with Gasteiger partial charge in [0, 0.05) is 6.42 Å². The van der Waals surface area contributed by atoms with Gasteiger partial charge in [-0.15, -0.1) is 0 Å². The van der Waals surface area contributed by atoms with Gasteiger partial charge in [-0.25, -0.2) is 0 Å². The van der Waals surface area contributed by atoms with E-state index in [1.807, 2.05) is 40.8 Å². The lowest BCUT2D eigenvalue weighted by molar-refractivity contribution is -0.110. The second kappa shape index (κ2) is 7.18. The molecule has 112 valence electrons. The summed E-state index contributed by atoms with van der Waals surface area (Å²) in [4.78, 5) is 11.5. The molecule has 0 fully saturated rings. The fraction of sp³-hybridized carbons (Fsp3) is 0.562. The Morgan fingerprint density at radius 3 is 2.25 bits per heavy atom. The third-order valence-corrected chi connectivity index (χ3v) is 8.94. The van der Waals surface area contributed by atoms with E-state index in [0.717, 1.165) is 6.42 Å². The second-order valence-electron chi connectivity index (χ2n) is 6.75. The molecule has 2 nitrogen and oxygen atoms in total. The molecule has 0 aliphatic carbocycles. The first-order valence-corrected chi connectivity index (χ1v) is 11.0. The molecule has 0 heterocycles. The van der Waals surface area contributed by atoms with E-state index >= 15 is 0 Å². The predicted octanol–water partition coefficient (Wildman–Crippen LogP) is 4.97. The highest BCUT2D eigenvalue weighted by Gasteiger charge is 2.39. The molecule has 0 aliphatic heterocycles. The van der Waals surface area contributed by atoms with Gasteiger partial charge in [-0.3, -0.25) is 4.79 Å². The van der Waals surface area contributed by atoms with Gasteiger partial charge in [0.05, 0.1) is 6.10 Å². The van der Waals surface area contributed by atoms with Crippen molar-refractivity contribution in [1.29, 1.82) is 0 Å². The summed E-state index contributed by atoms with van der Waals surface area (Å²) in [5, 5.41) is 0.163. The molecule has 1 aromatic carbocycles. The van der Waals surface area contributed by atoms with Crippen LogP contribution in [0.1, 0.15) is 32.8 Å². The van der Waals surface area contributed by atoms with E-state index in [1.165, 1.54) is 5.56 Å². The van der Waals surface area contributed by atoms with E-state index in [2.05, 4.69) is 46.0 Å². The number of carbonyl (C=O) groups is 1. The van der Waals surface area contributed by atoms with E-state index in [9.17, 15) is 4.79 Å². The molecule has 0 N–H and O–H groups in total. The number of benzene rings is 1. The van der Waals surface area contributed by atoms with E-state index in [-0.39, 0.29) is 14.9 Å². The van der Waals surface area contributed by atoms with Crippen LogP contribution in [0.5, 0.6) is 0 Å². The quantitative estimate of drug-likeness (QED) is 0.380. The molecular weight excluding hydrogens is 379 g/mol. The Bertz CT molecular complexity index is 438. The van der Waals surface area contributed by atoms with Gasteiger partial charge in [0.1, 0.15) is 0 Å². The van der Waals surface area contributed by atoms with Crippen LogP contribution in [0, 0.1) is 0 Å². The van der Waals surface area contributed by atoms with Crippen LogP contribution in [-0.2, 0) is 15.6 Å². The minimum absolute atomic E-state index is 0.0114. The summed E-state index contributed by atoms with van der Waals surface area (Å²) in [5.74, 6) is 0. The van der Waals surface area contributed by atoms with Crippen LogP contribution in [0.3, 0.4) is 0 Å². The van der Waals surface area contributed by atoms with Crippen molar-refractivity contribution < 1.29 is 9.22 Å². The first kappa shape index (κ1) is 17.8. The SMILES string of the molecule is CC(C)(C)[Si](C)(C)OC(CC(=O)I)Cc1ccccc1. The Morgan fingerprint density at radius 2 is 1.80 bits per heavy atom. The van der Waals surface area contributed by atoms with E-state index in [4.69, 9.17) is 4.43 Å². The molecule has 0 saturated carbocycles. The predicted molar refractivity (Wildman–Crippen MR) is 95.9 cm³/mol. The normalized spacial score (nSPS) is 14.1. The molecule has 0 radical (unpaired) electrons. The highest BCUT2D eigenvalue weighted by molar-refractivity contribution is 14.1. The molecule has 0 amide bonds. The Labute approximate surface area is 137 Å². The average molecular weight is 404 g/mol. The summed E-state index contributed by atoms with van der Waals surface area (Å²) >= 11 is 1.87. The highest BCUT2D eigenvalue weighted by atomic mass is 127. The maximum Gasteiger partial charge on any atom is 0.194 e. The van der Waals surface area contributed by atoms with Crippen LogP contribution in [0.25, 0.3) is 0 Å². The first-order chi connectivity index (χ1) is 9.12. The van der Waals surface area contributed by atoms with Crippen molar-refractivity contribution >= 4 is 34.7 Å². The van der Waals surface area contributed by atoms with Crippen molar-refractivity contribution in [2.75, 3.05) is 0 Å². The Kier molecular flexibility index (Phi) is 6.41. The molecule has 1 aromatic rings. The molecule has 4 heteroatoms. The average Bonchev–Trinajstić information content (AvgIpc) is 2.27. The van der Waals surface area contributed by atoms with Gasteiger partial charge in [0.25, 0.3) is 0 Å². The zero-order valence-corrected chi connectivity index (χ0v) is 16.2. The number of halogens is 1. The maximum atomic E-state index is 11.5. The van der Waals surface area contributed by atoms with Crippen LogP contribution in [0.15, 0.2) is 30.3 Å². The Hall–Kier alpha value is -0.203. The Balaban J connectivity index is 2.82. The highest BCUT2D eigenvalue weighted by Crippen LogP contribution is 2.38. The summed E-state index contributed by atoms with van der Waals surface area (Å²) in [6.45, 7) is 11.2. The second-order valence-corrected chi connectivity index (χ2v) is 12.7. The number of hydrogen-bond donors (Lipinski definition) is 0. The zero-order chi connectivity index (χ0) is 15.4. The van der Waals surface area contributed by atoms with Gasteiger partial charge in [0.15, 0.2) is 12.1 Å². The zero-order valence-electron chi connectivity index (χ0n) is 13.1. The molecule has 0 aromatic heterocycles. The van der Waals surface area contributed by atoms with Gasteiger partial charge in [0.2, 0.25) is 0 Å². The van der Waals surface area contributed by atoms with Gasteiger partial charge in [-0.2, -0.15) is 0 Å². The van der Waals surface area contributed by atoms with Crippen LogP contribution >= 0.6 is 22.6 Å². The van der Waals surface area contributed by atoms with Gasteiger partial charge >= 0.3 is 0 Å². The largest absolute Gasteiger partial charge is 0.413 e. The fourth-order valence-electron chi connectivity index (χ4n) is 1.80. The van der Waals surface area contributed by atoms with E-state index < -0.39 is 8.32 Å². The summed E-state index contributed by atoms with van der Waals surface area (Å²) in [6.07, 6.45) is 1.28. The van der Waals surface area contributed by atoms with E-state index in [0.29, 0.717) is 6.42 Å². The molecule has 0 saturated heterocycles. The summed E-state index contributed by atoms with van der Waals surface area (Å²) in [5.41, 5.74) is 1.23. The third-order valence-electron chi connectivity index (χ3n) is 3.96. The third kappa shape index (κ3) is 5.66. The maximum absolute atomic E-state index is 11.5. The van der Waals surface area contributed by atoms with Crippen molar-refractivity contribution in [1.82, 2.24) is 0 Å². The summed E-state index contributed by atoms with van der Waals surface area (Å²) < 4.78 is 6.60. The van der Waals surface area contributed by atoms with Crippen molar-refractivity contribution in [2.24, 2.45) is 0 Å². The topological polar surface area (TPSA) is 26.3 Å². The van der Waals surface area contributed by atoms with Crippen LogP contribution < -0.4 is 0 Å². The molecule has 1 rings (SSSR count). The Morgan fingerprint density at radius 1 is 1.25 bits per heavy atom. The molecule has 1 unspecified atom stereocenters. The van der Waals surface area contributed by atoms with Crippen molar-refractivity contribution in [2.45, 2.75) is 57.8 Å². The number of hydrogen-bond acceptors (Lipinski definition) is 2. The van der Waals surface area contributed by atoms with Crippen LogP contribution in [-0.4, -0.2) is 18.2 Å². The van der Waals surface area contributed by atoms with E-state index in [1.54, 1.807) is 0 Å². The van der Waals surface area contributed by atoms with Gasteiger partial charge < -0.3 is 4.43 Å². The summed E-state index contributed by atoms with van der Waals surface area (Å²) in [7, 11) is -1.84. The van der Waals surface area contributed by atoms with Gasteiger partial charge in [-0.05, 0) is 52.7 Å². The first-order valence-electron chi connectivity index (χ1n) is 7.02. The van der Waals surface area contributed by atoms with Crippen LogP contribution in [0.2, 0.25) is 18.1 Å². The summed E-state index contributed by atoms with van der Waals surface area (Å²) in [6, 6.07) is 10.3. The minimum atomic E-state index is -1.84. The van der Waals surface area contributed by atoms with Gasteiger partial charge in [-0.1, -0.05) is 51.1 Å². The lowest BCUT2D eigenvalue weighted by Crippen LogP contribution is -2.44. The lowest BCUT2D eigenvalue weighted by Gasteiger charge is -2.39. The molecule has 20 heavy (non-hydrogen) atoms. The monoisotopic (exact) mass is 404 g/mol. The molecular formula is C16H25IO2Si. The minimum Gasteiger partial charge on any atom is -0.413 e. The van der Waals surface area contributed by atoms with Crippen molar-refractivity contribution in [3.63, 3.8) is 0 Å². The molecule has 0 aliphatic rings. The lowest BCUT2D eigenvalue weighted by atomic mass is 10.1. The fourth-order valence-corrected chi connectivity index (χ4v) is 3.65. The van der Waals surface area contributed by atoms with Crippen molar-refractivity contribution in [3.8, 4) is 0 Å². The molecule has 0 bridgehead atoms.